The minimum absolute atomic E-state index is 0.566. The summed E-state index contributed by atoms with van der Waals surface area (Å²) in [5.74, 6) is 1.26. The molecule has 1 aromatic rings. The lowest BCUT2D eigenvalue weighted by Gasteiger charge is -2.08. The molecule has 0 aliphatic rings. The maximum Gasteiger partial charge on any atom is 0.151 e. The van der Waals surface area contributed by atoms with E-state index in [4.69, 9.17) is 9.47 Å². The second kappa shape index (κ2) is 5.00. The normalized spacial score (nSPS) is 9.64. The predicted octanol–water partition coefficient (Wildman–Crippen LogP) is 2.86. The number of nitrogens with zero attached hydrogens (tertiary/aromatic N) is 1. The molecular weight excluding hydrogens is 246 g/mol. The molecule has 0 fully saturated rings. The van der Waals surface area contributed by atoms with Gasteiger partial charge in [-0.1, -0.05) is 6.58 Å². The van der Waals surface area contributed by atoms with E-state index in [2.05, 4.69) is 27.5 Å². The number of rotatable bonds is 4. The lowest BCUT2D eigenvalue weighted by molar-refractivity contribution is 0.297. The molecule has 0 aromatic carbocycles. The van der Waals surface area contributed by atoms with Gasteiger partial charge >= 0.3 is 0 Å². The number of hydrogen-bond donors (Lipinski definition) is 0. The van der Waals surface area contributed by atoms with Crippen LogP contribution in [0.15, 0.2) is 23.3 Å². The molecule has 0 atom stereocenters. The van der Waals surface area contributed by atoms with Crippen LogP contribution in [0.1, 0.15) is 12.6 Å². The first-order valence-corrected chi connectivity index (χ1v) is 5.01. The van der Waals surface area contributed by atoms with Gasteiger partial charge in [0.05, 0.1) is 13.7 Å². The molecule has 0 N–H and O–H groups in total. The maximum atomic E-state index is 5.24. The summed E-state index contributed by atoms with van der Waals surface area (Å²) in [6.45, 7) is 6.26. The van der Waals surface area contributed by atoms with Crippen molar-refractivity contribution in [2.24, 2.45) is 0 Å². The Morgan fingerprint density at radius 3 is 2.79 bits per heavy atom. The Kier molecular flexibility index (Phi) is 3.95. The Labute approximate surface area is 91.9 Å². The average Bonchev–Trinajstić information content (AvgIpc) is 2.18. The Hall–Kier alpha value is -1.03. The molecule has 0 aliphatic carbocycles. The molecule has 1 aromatic heterocycles. The fourth-order valence-electron chi connectivity index (χ4n) is 0.977. The summed E-state index contributed by atoms with van der Waals surface area (Å²) in [5.41, 5.74) is 0.708. The van der Waals surface area contributed by atoms with Crippen LogP contribution in [-0.4, -0.2) is 18.7 Å². The SMILES string of the molecule is C=C(OCC)c1ccc(OC)c(Br)n1. The molecule has 0 aliphatic heterocycles. The first kappa shape index (κ1) is 11.0. The Balaban J connectivity index is 2.91. The minimum atomic E-state index is 0.566. The quantitative estimate of drug-likeness (QED) is 0.614. The molecule has 4 heteroatoms. The van der Waals surface area contributed by atoms with E-state index in [9.17, 15) is 0 Å². The number of hydrogen-bond acceptors (Lipinski definition) is 3. The molecule has 0 saturated heterocycles. The third-order valence-electron chi connectivity index (χ3n) is 1.64. The van der Waals surface area contributed by atoms with Crippen LogP contribution in [0.4, 0.5) is 0 Å². The highest BCUT2D eigenvalue weighted by molar-refractivity contribution is 9.10. The fraction of sp³-hybridized carbons (Fsp3) is 0.300. The van der Waals surface area contributed by atoms with Crippen molar-refractivity contribution in [1.82, 2.24) is 4.98 Å². The first-order chi connectivity index (χ1) is 6.69. The van der Waals surface area contributed by atoms with Crippen molar-refractivity contribution in [1.29, 1.82) is 0 Å². The standard InChI is InChI=1S/C10H12BrNO2/c1-4-14-7(2)8-5-6-9(13-3)10(11)12-8/h5-6H,2,4H2,1,3H3. The molecular formula is C10H12BrNO2. The van der Waals surface area contributed by atoms with E-state index in [1.54, 1.807) is 7.11 Å². The Morgan fingerprint density at radius 2 is 2.29 bits per heavy atom. The zero-order chi connectivity index (χ0) is 10.6. The van der Waals surface area contributed by atoms with Crippen LogP contribution in [0.5, 0.6) is 5.75 Å². The van der Waals surface area contributed by atoms with Gasteiger partial charge in [-0.25, -0.2) is 4.98 Å². The monoisotopic (exact) mass is 257 g/mol. The smallest absolute Gasteiger partial charge is 0.151 e. The Bertz CT molecular complexity index is 339. The van der Waals surface area contributed by atoms with E-state index in [1.807, 2.05) is 19.1 Å². The van der Waals surface area contributed by atoms with Gasteiger partial charge in [0.1, 0.15) is 16.1 Å². The van der Waals surface area contributed by atoms with Crippen LogP contribution in [-0.2, 0) is 4.74 Å². The van der Waals surface area contributed by atoms with E-state index in [0.29, 0.717) is 28.4 Å². The highest BCUT2D eigenvalue weighted by Crippen LogP contribution is 2.24. The largest absolute Gasteiger partial charge is 0.494 e. The van der Waals surface area contributed by atoms with Crippen molar-refractivity contribution < 1.29 is 9.47 Å². The van der Waals surface area contributed by atoms with Crippen molar-refractivity contribution in [3.05, 3.63) is 29.0 Å². The van der Waals surface area contributed by atoms with Crippen molar-refractivity contribution in [2.45, 2.75) is 6.92 Å². The molecule has 0 spiro atoms. The highest BCUT2D eigenvalue weighted by Gasteiger charge is 2.05. The summed E-state index contributed by atoms with van der Waals surface area (Å²) in [7, 11) is 1.60. The van der Waals surface area contributed by atoms with Gasteiger partial charge < -0.3 is 9.47 Å². The van der Waals surface area contributed by atoms with E-state index in [0.717, 1.165) is 0 Å². The van der Waals surface area contributed by atoms with Crippen molar-refractivity contribution in [3.63, 3.8) is 0 Å². The van der Waals surface area contributed by atoms with E-state index in [1.165, 1.54) is 0 Å². The molecule has 0 radical (unpaired) electrons. The second-order valence-electron chi connectivity index (χ2n) is 2.55. The van der Waals surface area contributed by atoms with Crippen molar-refractivity contribution >= 4 is 21.7 Å². The van der Waals surface area contributed by atoms with Crippen molar-refractivity contribution in [2.75, 3.05) is 13.7 Å². The van der Waals surface area contributed by atoms with Crippen LogP contribution >= 0.6 is 15.9 Å². The van der Waals surface area contributed by atoms with E-state index >= 15 is 0 Å². The van der Waals surface area contributed by atoms with Crippen LogP contribution in [0, 0.1) is 0 Å². The number of ether oxygens (including phenoxy) is 2. The summed E-state index contributed by atoms with van der Waals surface area (Å²) in [6, 6.07) is 3.62. The summed E-state index contributed by atoms with van der Waals surface area (Å²) < 4.78 is 10.9. The van der Waals surface area contributed by atoms with Gasteiger partial charge in [-0.2, -0.15) is 0 Å². The Morgan fingerprint density at radius 1 is 1.57 bits per heavy atom. The van der Waals surface area contributed by atoms with Crippen molar-refractivity contribution in [3.8, 4) is 5.75 Å². The molecule has 0 saturated carbocycles. The van der Waals surface area contributed by atoms with Crippen LogP contribution in [0.25, 0.3) is 5.76 Å². The first-order valence-electron chi connectivity index (χ1n) is 4.21. The van der Waals surface area contributed by atoms with E-state index in [-0.39, 0.29) is 0 Å². The highest BCUT2D eigenvalue weighted by atomic mass is 79.9. The number of aromatic nitrogens is 1. The summed E-state index contributed by atoms with van der Waals surface area (Å²) in [6.07, 6.45) is 0. The summed E-state index contributed by atoms with van der Waals surface area (Å²) >= 11 is 3.29. The van der Waals surface area contributed by atoms with E-state index < -0.39 is 0 Å². The lowest BCUT2D eigenvalue weighted by Crippen LogP contribution is -1.95. The molecule has 14 heavy (non-hydrogen) atoms. The van der Waals surface area contributed by atoms with Gasteiger partial charge in [0, 0.05) is 0 Å². The third kappa shape index (κ3) is 2.48. The summed E-state index contributed by atoms with van der Waals surface area (Å²) in [4.78, 5) is 4.23. The fourth-order valence-corrected chi connectivity index (χ4v) is 1.46. The van der Waals surface area contributed by atoms with Crippen LogP contribution < -0.4 is 4.74 Å². The van der Waals surface area contributed by atoms with Gasteiger partial charge in [-0.3, -0.25) is 0 Å². The average molecular weight is 258 g/mol. The van der Waals surface area contributed by atoms with Gasteiger partial charge in [-0.05, 0) is 35.0 Å². The van der Waals surface area contributed by atoms with Crippen LogP contribution in [0.3, 0.4) is 0 Å². The maximum absolute atomic E-state index is 5.24. The van der Waals surface area contributed by atoms with Gasteiger partial charge in [-0.15, -0.1) is 0 Å². The summed E-state index contributed by atoms with van der Waals surface area (Å²) in [5, 5.41) is 0. The number of halogens is 1. The zero-order valence-corrected chi connectivity index (χ0v) is 9.80. The van der Waals surface area contributed by atoms with Gasteiger partial charge in [0.25, 0.3) is 0 Å². The molecule has 76 valence electrons. The van der Waals surface area contributed by atoms with Gasteiger partial charge in [0.15, 0.2) is 5.75 Å². The van der Waals surface area contributed by atoms with Crippen LogP contribution in [0.2, 0.25) is 0 Å². The molecule has 1 rings (SSSR count). The number of pyridine rings is 1. The zero-order valence-electron chi connectivity index (χ0n) is 8.21. The molecule has 0 bridgehead atoms. The third-order valence-corrected chi connectivity index (χ3v) is 2.21. The lowest BCUT2D eigenvalue weighted by atomic mass is 10.3. The second-order valence-corrected chi connectivity index (χ2v) is 3.30. The molecule has 1 heterocycles. The minimum Gasteiger partial charge on any atom is -0.494 e. The predicted molar refractivity (Wildman–Crippen MR) is 59.1 cm³/mol. The van der Waals surface area contributed by atoms with Gasteiger partial charge in [0.2, 0.25) is 0 Å². The molecule has 0 unspecified atom stereocenters. The topological polar surface area (TPSA) is 31.4 Å². The number of methoxy groups -OCH3 is 1. The molecule has 3 nitrogen and oxygen atoms in total. The molecule has 0 amide bonds.